The van der Waals surface area contributed by atoms with E-state index in [1.54, 1.807) is 0 Å². The molecule has 0 radical (unpaired) electrons. The average Bonchev–Trinajstić information content (AvgIpc) is 2.58. The number of nitrogens with zero attached hydrogens (tertiary/aromatic N) is 1. The van der Waals surface area contributed by atoms with Crippen LogP contribution in [0.25, 0.3) is 0 Å². The van der Waals surface area contributed by atoms with Crippen LogP contribution in [0.5, 0.6) is 0 Å². The Labute approximate surface area is 107 Å². The molecule has 1 aromatic heterocycles. The SMILES string of the molecule is CS(=O)(=O)c1c(N)nsc1NCCOCC(F)F. The molecule has 0 amide bonds. The van der Waals surface area contributed by atoms with E-state index in [1.807, 2.05) is 0 Å². The van der Waals surface area contributed by atoms with E-state index in [9.17, 15) is 17.2 Å². The number of hydrogen-bond acceptors (Lipinski definition) is 7. The van der Waals surface area contributed by atoms with Gasteiger partial charge in [0.2, 0.25) is 0 Å². The molecule has 18 heavy (non-hydrogen) atoms. The summed E-state index contributed by atoms with van der Waals surface area (Å²) in [6.45, 7) is -0.423. The third kappa shape index (κ3) is 4.35. The Morgan fingerprint density at radius 1 is 1.56 bits per heavy atom. The molecule has 0 aliphatic carbocycles. The molecule has 6 nitrogen and oxygen atoms in total. The third-order valence-electron chi connectivity index (χ3n) is 1.82. The van der Waals surface area contributed by atoms with Crippen molar-refractivity contribution in [3.05, 3.63) is 0 Å². The molecule has 0 aromatic carbocycles. The molecule has 0 saturated carbocycles. The number of hydrogen-bond donors (Lipinski definition) is 2. The van der Waals surface area contributed by atoms with Crippen molar-refractivity contribution in [1.82, 2.24) is 4.37 Å². The maximum Gasteiger partial charge on any atom is 0.261 e. The van der Waals surface area contributed by atoms with Crippen LogP contribution in [0.3, 0.4) is 0 Å². The maximum atomic E-state index is 11.8. The van der Waals surface area contributed by atoms with Crippen molar-refractivity contribution in [3.8, 4) is 0 Å². The van der Waals surface area contributed by atoms with E-state index in [4.69, 9.17) is 5.73 Å². The van der Waals surface area contributed by atoms with Crippen LogP contribution in [0.4, 0.5) is 19.6 Å². The first kappa shape index (κ1) is 15.1. The standard InChI is InChI=1S/C8H13F2N3O3S2/c1-18(14,15)6-7(11)13-17-8(6)12-2-3-16-4-5(9)10/h5,12H,2-4H2,1H3,(H2,11,13). The van der Waals surface area contributed by atoms with Crippen LogP contribution >= 0.6 is 11.5 Å². The van der Waals surface area contributed by atoms with Gasteiger partial charge in [-0.1, -0.05) is 0 Å². The van der Waals surface area contributed by atoms with Crippen molar-refractivity contribution in [2.24, 2.45) is 0 Å². The van der Waals surface area contributed by atoms with Gasteiger partial charge in [-0.25, -0.2) is 17.2 Å². The average molecular weight is 301 g/mol. The minimum absolute atomic E-state index is 0.0331. The highest BCUT2D eigenvalue weighted by Crippen LogP contribution is 2.30. The molecule has 1 heterocycles. The second-order valence-electron chi connectivity index (χ2n) is 3.39. The number of aromatic nitrogens is 1. The van der Waals surface area contributed by atoms with Gasteiger partial charge in [0.05, 0.1) is 6.61 Å². The summed E-state index contributed by atoms with van der Waals surface area (Å²) >= 11 is 0.898. The zero-order valence-electron chi connectivity index (χ0n) is 9.52. The van der Waals surface area contributed by atoms with Crippen molar-refractivity contribution >= 4 is 32.2 Å². The predicted molar refractivity (Wildman–Crippen MR) is 64.9 cm³/mol. The number of nitrogen functional groups attached to an aromatic ring is 1. The van der Waals surface area contributed by atoms with Gasteiger partial charge in [-0.3, -0.25) is 0 Å². The van der Waals surface area contributed by atoms with Crippen LogP contribution in [0.15, 0.2) is 4.90 Å². The number of halogens is 2. The summed E-state index contributed by atoms with van der Waals surface area (Å²) in [5, 5.41) is 3.03. The fourth-order valence-electron chi connectivity index (χ4n) is 1.17. The first-order chi connectivity index (χ1) is 8.32. The number of anilines is 2. The lowest BCUT2D eigenvalue weighted by atomic mass is 10.6. The Kier molecular flexibility index (Phi) is 5.23. The molecular weight excluding hydrogens is 288 g/mol. The Balaban J connectivity index is 2.54. The van der Waals surface area contributed by atoms with E-state index in [0.29, 0.717) is 0 Å². The van der Waals surface area contributed by atoms with Gasteiger partial charge in [0.1, 0.15) is 16.5 Å². The fourth-order valence-corrected chi connectivity index (χ4v) is 3.27. The fraction of sp³-hybridized carbons (Fsp3) is 0.625. The number of nitrogens with one attached hydrogen (secondary N) is 1. The van der Waals surface area contributed by atoms with Gasteiger partial charge >= 0.3 is 0 Å². The summed E-state index contributed by atoms with van der Waals surface area (Å²) in [7, 11) is -3.48. The smallest absolute Gasteiger partial charge is 0.261 e. The van der Waals surface area contributed by atoms with Gasteiger partial charge in [0.25, 0.3) is 6.43 Å². The molecule has 0 bridgehead atoms. The summed E-state index contributed by atoms with van der Waals surface area (Å²) in [6, 6.07) is 0. The molecular formula is C8H13F2N3O3S2. The molecule has 0 spiro atoms. The lowest BCUT2D eigenvalue weighted by Gasteiger charge is -2.06. The maximum absolute atomic E-state index is 11.8. The summed E-state index contributed by atoms with van der Waals surface area (Å²) in [5.74, 6) is -0.0708. The van der Waals surface area contributed by atoms with E-state index in [1.165, 1.54) is 0 Å². The Hall–Kier alpha value is -1.00. The quantitative estimate of drug-likeness (QED) is 0.724. The molecule has 0 unspecified atom stereocenters. The second kappa shape index (κ2) is 6.25. The van der Waals surface area contributed by atoms with E-state index in [2.05, 4.69) is 14.4 Å². The Bertz CT molecular complexity index is 490. The van der Waals surface area contributed by atoms with Crippen LogP contribution in [-0.2, 0) is 14.6 Å². The molecule has 104 valence electrons. The van der Waals surface area contributed by atoms with Gasteiger partial charge < -0.3 is 15.8 Å². The van der Waals surface area contributed by atoms with Crippen LogP contribution < -0.4 is 11.1 Å². The molecule has 3 N–H and O–H groups in total. The second-order valence-corrected chi connectivity index (χ2v) is 6.12. The number of ether oxygens (including phenoxy) is 1. The Morgan fingerprint density at radius 2 is 2.22 bits per heavy atom. The van der Waals surface area contributed by atoms with E-state index in [0.717, 1.165) is 17.8 Å². The van der Waals surface area contributed by atoms with Crippen LogP contribution in [0.2, 0.25) is 0 Å². The van der Waals surface area contributed by atoms with Gasteiger partial charge in [-0.2, -0.15) is 4.37 Å². The zero-order chi connectivity index (χ0) is 13.8. The monoisotopic (exact) mass is 301 g/mol. The van der Waals surface area contributed by atoms with E-state index < -0.39 is 22.9 Å². The van der Waals surface area contributed by atoms with Crippen molar-refractivity contribution in [2.45, 2.75) is 11.3 Å². The normalized spacial score (nSPS) is 12.0. The summed E-state index contributed by atoms with van der Waals surface area (Å²) in [4.78, 5) is -0.0682. The number of nitrogens with two attached hydrogens (primary N) is 1. The first-order valence-electron chi connectivity index (χ1n) is 4.87. The lowest BCUT2D eigenvalue weighted by molar-refractivity contribution is 0.0215. The molecule has 10 heteroatoms. The molecule has 0 aliphatic rings. The highest BCUT2D eigenvalue weighted by molar-refractivity contribution is 7.91. The zero-order valence-corrected chi connectivity index (χ0v) is 11.2. The van der Waals surface area contributed by atoms with Crippen LogP contribution in [0.1, 0.15) is 0 Å². The van der Waals surface area contributed by atoms with Crippen molar-refractivity contribution in [1.29, 1.82) is 0 Å². The first-order valence-corrected chi connectivity index (χ1v) is 7.54. The van der Waals surface area contributed by atoms with E-state index >= 15 is 0 Å². The van der Waals surface area contributed by atoms with Gasteiger partial charge in [0.15, 0.2) is 15.7 Å². The minimum Gasteiger partial charge on any atom is -0.382 e. The lowest BCUT2D eigenvalue weighted by Crippen LogP contribution is -2.14. The van der Waals surface area contributed by atoms with E-state index in [-0.39, 0.29) is 28.9 Å². The predicted octanol–water partition coefficient (Wildman–Crippen LogP) is 0.822. The van der Waals surface area contributed by atoms with Crippen molar-refractivity contribution < 1.29 is 21.9 Å². The van der Waals surface area contributed by atoms with Crippen molar-refractivity contribution in [3.63, 3.8) is 0 Å². The number of sulfone groups is 1. The minimum atomic E-state index is -3.48. The molecule has 0 saturated heterocycles. The van der Waals surface area contributed by atoms with Gasteiger partial charge in [-0.15, -0.1) is 0 Å². The topological polar surface area (TPSA) is 94.3 Å². The third-order valence-corrected chi connectivity index (χ3v) is 3.92. The number of rotatable bonds is 7. The summed E-state index contributed by atoms with van der Waals surface area (Å²) in [6.07, 6.45) is -1.50. The molecule has 0 atom stereocenters. The molecule has 1 rings (SSSR count). The molecule has 0 fully saturated rings. The van der Waals surface area contributed by atoms with Crippen LogP contribution in [-0.4, -0.2) is 45.2 Å². The van der Waals surface area contributed by atoms with Gasteiger partial charge in [0, 0.05) is 12.8 Å². The molecule has 0 aliphatic heterocycles. The van der Waals surface area contributed by atoms with Crippen molar-refractivity contribution in [2.75, 3.05) is 37.1 Å². The Morgan fingerprint density at radius 3 is 2.78 bits per heavy atom. The highest BCUT2D eigenvalue weighted by atomic mass is 32.2. The summed E-state index contributed by atoms with van der Waals surface area (Å²) < 4.78 is 54.7. The highest BCUT2D eigenvalue weighted by Gasteiger charge is 2.20. The largest absolute Gasteiger partial charge is 0.382 e. The van der Waals surface area contributed by atoms with Gasteiger partial charge in [-0.05, 0) is 11.5 Å². The number of alkyl halides is 2. The molecule has 1 aromatic rings. The van der Waals surface area contributed by atoms with Crippen LogP contribution in [0, 0.1) is 0 Å². The summed E-state index contributed by atoms with van der Waals surface area (Å²) in [5.41, 5.74) is 5.45.